The van der Waals surface area contributed by atoms with Crippen molar-refractivity contribution in [2.24, 2.45) is 0 Å². The SMILES string of the molecule is COc1ccccc1CCC(=O)N1CCCCCC1. The maximum atomic E-state index is 12.2. The van der Waals surface area contributed by atoms with Gasteiger partial charge in [-0.25, -0.2) is 0 Å². The molecule has 1 heterocycles. The smallest absolute Gasteiger partial charge is 0.222 e. The summed E-state index contributed by atoms with van der Waals surface area (Å²) in [6.45, 7) is 1.87. The second-order valence-electron chi connectivity index (χ2n) is 5.11. The van der Waals surface area contributed by atoms with Crippen molar-refractivity contribution >= 4 is 5.91 Å². The Balaban J connectivity index is 1.88. The van der Waals surface area contributed by atoms with Gasteiger partial charge < -0.3 is 9.64 Å². The monoisotopic (exact) mass is 261 g/mol. The lowest BCUT2D eigenvalue weighted by Crippen LogP contribution is -2.31. The van der Waals surface area contributed by atoms with Crippen LogP contribution in [0.4, 0.5) is 0 Å². The summed E-state index contributed by atoms with van der Waals surface area (Å²) in [5, 5.41) is 0. The van der Waals surface area contributed by atoms with Gasteiger partial charge in [-0.05, 0) is 30.9 Å². The summed E-state index contributed by atoms with van der Waals surface area (Å²) in [5.41, 5.74) is 1.12. The first-order valence-electron chi connectivity index (χ1n) is 7.21. The fourth-order valence-electron chi connectivity index (χ4n) is 2.63. The van der Waals surface area contributed by atoms with E-state index in [1.54, 1.807) is 7.11 Å². The highest BCUT2D eigenvalue weighted by atomic mass is 16.5. The van der Waals surface area contributed by atoms with Gasteiger partial charge >= 0.3 is 0 Å². The average Bonchev–Trinajstić information content (AvgIpc) is 2.74. The van der Waals surface area contributed by atoms with Crippen LogP contribution < -0.4 is 4.74 Å². The van der Waals surface area contributed by atoms with Gasteiger partial charge in [-0.3, -0.25) is 4.79 Å². The maximum Gasteiger partial charge on any atom is 0.222 e. The van der Waals surface area contributed by atoms with E-state index in [9.17, 15) is 4.79 Å². The van der Waals surface area contributed by atoms with Crippen LogP contribution in [0.1, 0.15) is 37.7 Å². The van der Waals surface area contributed by atoms with Crippen LogP contribution in [0.5, 0.6) is 5.75 Å². The van der Waals surface area contributed by atoms with E-state index in [0.717, 1.165) is 43.7 Å². The highest BCUT2D eigenvalue weighted by molar-refractivity contribution is 5.76. The number of hydrogen-bond acceptors (Lipinski definition) is 2. The van der Waals surface area contributed by atoms with Gasteiger partial charge in [0.05, 0.1) is 7.11 Å². The third-order valence-electron chi connectivity index (χ3n) is 3.76. The van der Waals surface area contributed by atoms with Crippen LogP contribution in [0.25, 0.3) is 0 Å². The lowest BCUT2D eigenvalue weighted by molar-refractivity contribution is -0.131. The summed E-state index contributed by atoms with van der Waals surface area (Å²) in [7, 11) is 1.68. The van der Waals surface area contributed by atoms with Gasteiger partial charge in [0.1, 0.15) is 5.75 Å². The van der Waals surface area contributed by atoms with Crippen LogP contribution in [-0.4, -0.2) is 31.0 Å². The summed E-state index contributed by atoms with van der Waals surface area (Å²) in [4.78, 5) is 14.2. The Bertz CT molecular complexity index is 409. The molecule has 1 aromatic carbocycles. The number of para-hydroxylation sites is 1. The van der Waals surface area contributed by atoms with Crippen LogP contribution in [-0.2, 0) is 11.2 Å². The van der Waals surface area contributed by atoms with Crippen LogP contribution in [0.2, 0.25) is 0 Å². The summed E-state index contributed by atoms with van der Waals surface area (Å²) in [6, 6.07) is 7.94. The number of amides is 1. The molecule has 0 N–H and O–H groups in total. The first kappa shape index (κ1) is 13.9. The molecule has 19 heavy (non-hydrogen) atoms. The predicted octanol–water partition coefficient (Wildman–Crippen LogP) is 3.03. The Labute approximate surface area is 115 Å². The normalized spacial score (nSPS) is 15.9. The summed E-state index contributed by atoms with van der Waals surface area (Å²) < 4.78 is 5.32. The number of methoxy groups -OCH3 is 1. The number of benzene rings is 1. The molecule has 1 aliphatic rings. The summed E-state index contributed by atoms with van der Waals surface area (Å²) >= 11 is 0. The molecular formula is C16H23NO2. The Morgan fingerprint density at radius 2 is 1.84 bits per heavy atom. The first-order chi connectivity index (χ1) is 9.31. The Kier molecular flexibility index (Phi) is 5.25. The van der Waals surface area contributed by atoms with E-state index in [1.807, 2.05) is 29.2 Å². The number of aryl methyl sites for hydroxylation is 1. The molecule has 1 aliphatic heterocycles. The lowest BCUT2D eigenvalue weighted by atomic mass is 10.1. The molecule has 0 saturated carbocycles. The molecule has 0 radical (unpaired) electrons. The molecular weight excluding hydrogens is 238 g/mol. The van der Waals surface area contributed by atoms with E-state index in [0.29, 0.717) is 6.42 Å². The number of hydrogen-bond donors (Lipinski definition) is 0. The number of carbonyl (C=O) groups is 1. The molecule has 0 bridgehead atoms. The van der Waals surface area contributed by atoms with Crippen molar-refractivity contribution in [2.45, 2.75) is 38.5 Å². The second kappa shape index (κ2) is 7.17. The van der Waals surface area contributed by atoms with Crippen molar-refractivity contribution in [3.8, 4) is 5.75 Å². The first-order valence-corrected chi connectivity index (χ1v) is 7.21. The third kappa shape index (κ3) is 3.98. The van der Waals surface area contributed by atoms with E-state index >= 15 is 0 Å². The van der Waals surface area contributed by atoms with Crippen LogP contribution in [0, 0.1) is 0 Å². The highest BCUT2D eigenvalue weighted by Gasteiger charge is 2.15. The van der Waals surface area contributed by atoms with E-state index in [1.165, 1.54) is 12.8 Å². The molecule has 0 unspecified atom stereocenters. The molecule has 0 spiro atoms. The number of ether oxygens (including phenoxy) is 1. The van der Waals surface area contributed by atoms with Crippen molar-refractivity contribution in [3.05, 3.63) is 29.8 Å². The van der Waals surface area contributed by atoms with E-state index < -0.39 is 0 Å². The average molecular weight is 261 g/mol. The highest BCUT2D eigenvalue weighted by Crippen LogP contribution is 2.19. The molecule has 3 nitrogen and oxygen atoms in total. The number of likely N-dealkylation sites (tertiary alicyclic amines) is 1. The van der Waals surface area contributed by atoms with Gasteiger partial charge in [-0.2, -0.15) is 0 Å². The van der Waals surface area contributed by atoms with Gasteiger partial charge in [0.25, 0.3) is 0 Å². The van der Waals surface area contributed by atoms with Gasteiger partial charge in [-0.15, -0.1) is 0 Å². The lowest BCUT2D eigenvalue weighted by Gasteiger charge is -2.20. The van der Waals surface area contributed by atoms with Crippen molar-refractivity contribution < 1.29 is 9.53 Å². The van der Waals surface area contributed by atoms with Crippen molar-refractivity contribution in [3.63, 3.8) is 0 Å². The second-order valence-corrected chi connectivity index (χ2v) is 5.11. The van der Waals surface area contributed by atoms with E-state index in [-0.39, 0.29) is 5.91 Å². The third-order valence-corrected chi connectivity index (χ3v) is 3.76. The van der Waals surface area contributed by atoms with Crippen LogP contribution >= 0.6 is 0 Å². The molecule has 2 rings (SSSR count). The zero-order valence-corrected chi connectivity index (χ0v) is 11.7. The van der Waals surface area contributed by atoms with E-state index in [2.05, 4.69) is 0 Å². The number of rotatable bonds is 4. The Hall–Kier alpha value is -1.51. The van der Waals surface area contributed by atoms with E-state index in [4.69, 9.17) is 4.74 Å². The van der Waals surface area contributed by atoms with Crippen molar-refractivity contribution in [1.82, 2.24) is 4.90 Å². The fourth-order valence-corrected chi connectivity index (χ4v) is 2.63. The topological polar surface area (TPSA) is 29.5 Å². The summed E-state index contributed by atoms with van der Waals surface area (Å²) in [6.07, 6.45) is 6.17. The van der Waals surface area contributed by atoms with Crippen LogP contribution in [0.3, 0.4) is 0 Å². The molecule has 1 amide bonds. The minimum atomic E-state index is 0.285. The van der Waals surface area contributed by atoms with Crippen molar-refractivity contribution in [1.29, 1.82) is 0 Å². The Morgan fingerprint density at radius 1 is 1.16 bits per heavy atom. The minimum Gasteiger partial charge on any atom is -0.496 e. The standard InChI is InChI=1S/C16H23NO2/c1-19-15-9-5-4-8-14(15)10-11-16(18)17-12-6-2-3-7-13-17/h4-5,8-9H,2-3,6-7,10-13H2,1H3. The number of nitrogens with zero attached hydrogens (tertiary/aromatic N) is 1. The molecule has 104 valence electrons. The van der Waals surface area contributed by atoms with Gasteiger partial charge in [0.2, 0.25) is 5.91 Å². The zero-order chi connectivity index (χ0) is 13.5. The Morgan fingerprint density at radius 3 is 2.53 bits per heavy atom. The molecule has 0 atom stereocenters. The quantitative estimate of drug-likeness (QED) is 0.833. The summed E-state index contributed by atoms with van der Waals surface area (Å²) in [5.74, 6) is 1.17. The molecule has 1 saturated heterocycles. The maximum absolute atomic E-state index is 12.2. The predicted molar refractivity (Wildman–Crippen MR) is 76.4 cm³/mol. The fraction of sp³-hybridized carbons (Fsp3) is 0.562. The molecule has 1 aromatic rings. The molecule has 0 aliphatic carbocycles. The molecule has 3 heteroatoms. The minimum absolute atomic E-state index is 0.285. The van der Waals surface area contributed by atoms with Gasteiger partial charge in [0.15, 0.2) is 0 Å². The van der Waals surface area contributed by atoms with Crippen LogP contribution in [0.15, 0.2) is 24.3 Å². The molecule has 0 aromatic heterocycles. The largest absolute Gasteiger partial charge is 0.496 e. The molecule has 1 fully saturated rings. The van der Waals surface area contributed by atoms with Gasteiger partial charge in [-0.1, -0.05) is 31.0 Å². The van der Waals surface area contributed by atoms with Gasteiger partial charge in [0, 0.05) is 19.5 Å². The zero-order valence-electron chi connectivity index (χ0n) is 11.7. The number of carbonyl (C=O) groups excluding carboxylic acids is 1. The van der Waals surface area contributed by atoms with Crippen molar-refractivity contribution in [2.75, 3.05) is 20.2 Å².